The Bertz CT molecular complexity index is 306. The van der Waals surface area contributed by atoms with Gasteiger partial charge in [0.2, 0.25) is 0 Å². The molecule has 0 atom stereocenters. The van der Waals surface area contributed by atoms with Crippen molar-refractivity contribution in [3.63, 3.8) is 0 Å². The lowest BCUT2D eigenvalue weighted by molar-refractivity contribution is -0.164. The molecule has 0 saturated heterocycles. The van der Waals surface area contributed by atoms with Crippen LogP contribution in [-0.2, 0) is 10.1 Å². The second-order valence-electron chi connectivity index (χ2n) is 2.88. The zero-order valence-electron chi connectivity index (χ0n) is 7.87. The van der Waals surface area contributed by atoms with Gasteiger partial charge in [-0.05, 0) is 12.8 Å². The number of halogens is 5. The van der Waals surface area contributed by atoms with Gasteiger partial charge in [-0.1, -0.05) is 0 Å². The molecule has 0 radical (unpaired) electrons. The maximum atomic E-state index is 12.7. The summed E-state index contributed by atoms with van der Waals surface area (Å²) in [7, 11) is -6.14. The summed E-state index contributed by atoms with van der Waals surface area (Å²) in [4.78, 5) is 0. The molecule has 0 fully saturated rings. The summed E-state index contributed by atoms with van der Waals surface area (Å²) in [6.45, 7) is -0.465. The average molecular weight is 382 g/mol. The molecule has 0 saturated carbocycles. The third kappa shape index (κ3) is 4.30. The fourth-order valence-electron chi connectivity index (χ4n) is 0.793. The van der Waals surface area contributed by atoms with Crippen molar-refractivity contribution in [2.24, 2.45) is 0 Å². The van der Waals surface area contributed by atoms with E-state index >= 15 is 0 Å². The molecule has 0 aromatic rings. The molecule has 10 heteroatoms. The minimum atomic E-state index is -6.14. The molecule has 0 rings (SSSR count). The van der Waals surface area contributed by atoms with E-state index in [1.54, 1.807) is 0 Å². The molecule has 2 N–H and O–H groups in total. The third-order valence-corrected chi connectivity index (χ3v) is 2.60. The molecule has 4 nitrogen and oxygen atoms in total. The number of hydrogen-bond acceptors (Lipinski definition) is 3. The van der Waals surface area contributed by atoms with Crippen LogP contribution in [0.4, 0.5) is 17.6 Å². The lowest BCUT2D eigenvalue weighted by Crippen LogP contribution is -2.46. The second kappa shape index (κ2) is 6.31. The lowest BCUT2D eigenvalue weighted by atomic mass is 10.1. The highest BCUT2D eigenvalue weighted by atomic mass is 127. The van der Waals surface area contributed by atoms with Gasteiger partial charge in [-0.3, -0.25) is 4.55 Å². The van der Waals surface area contributed by atoms with Gasteiger partial charge in [0.25, 0.3) is 0 Å². The minimum Gasteiger partial charge on any atom is -0.396 e. The molecule has 0 aromatic carbocycles. The molecule has 0 aliphatic carbocycles. The van der Waals surface area contributed by atoms with Gasteiger partial charge in [0, 0.05) is 13.0 Å². The molecule has 0 spiro atoms. The standard InChI is InChI=1S/C6H10F4O4S.HI/c7-5(8,3-1-2-4-11)6(9,10)15(12,13)14;/h11H,1-4H2,(H,12,13,14);1H. The fraction of sp³-hybridized carbons (Fsp3) is 1.00. The Morgan fingerprint density at radius 2 is 1.50 bits per heavy atom. The summed E-state index contributed by atoms with van der Waals surface area (Å²) in [6.07, 6.45) is -2.06. The molecule has 0 heterocycles. The molecule has 16 heavy (non-hydrogen) atoms. The van der Waals surface area contributed by atoms with Crippen LogP contribution in [0.25, 0.3) is 0 Å². The van der Waals surface area contributed by atoms with Crippen LogP contribution in [0.3, 0.4) is 0 Å². The molecule has 0 unspecified atom stereocenters. The highest BCUT2D eigenvalue weighted by Gasteiger charge is 2.64. The van der Waals surface area contributed by atoms with Crippen LogP contribution in [0.15, 0.2) is 0 Å². The highest BCUT2D eigenvalue weighted by molar-refractivity contribution is 14.0. The van der Waals surface area contributed by atoms with E-state index in [1.165, 1.54) is 0 Å². The van der Waals surface area contributed by atoms with Gasteiger partial charge in [0.05, 0.1) is 0 Å². The van der Waals surface area contributed by atoms with Crippen LogP contribution in [0.2, 0.25) is 0 Å². The van der Waals surface area contributed by atoms with Crippen LogP contribution < -0.4 is 0 Å². The summed E-state index contributed by atoms with van der Waals surface area (Å²) in [6, 6.07) is 0. The van der Waals surface area contributed by atoms with E-state index in [1.807, 2.05) is 0 Å². The smallest absolute Gasteiger partial charge is 0.396 e. The Hall–Kier alpha value is 0.320. The van der Waals surface area contributed by atoms with Gasteiger partial charge in [-0.2, -0.15) is 26.0 Å². The van der Waals surface area contributed by atoms with E-state index in [-0.39, 0.29) is 30.4 Å². The van der Waals surface area contributed by atoms with Gasteiger partial charge in [-0.15, -0.1) is 24.0 Å². The maximum absolute atomic E-state index is 12.7. The van der Waals surface area contributed by atoms with Crippen molar-refractivity contribution in [2.75, 3.05) is 6.61 Å². The molecule has 100 valence electrons. The average Bonchev–Trinajstić information content (AvgIpc) is 2.02. The topological polar surface area (TPSA) is 74.6 Å². The molecule has 0 aliphatic heterocycles. The molecule has 0 amide bonds. The Labute approximate surface area is 107 Å². The van der Waals surface area contributed by atoms with Crippen LogP contribution in [-0.4, -0.2) is 35.9 Å². The zero-order chi connectivity index (χ0) is 12.3. The van der Waals surface area contributed by atoms with Crippen molar-refractivity contribution in [3.05, 3.63) is 0 Å². The summed E-state index contributed by atoms with van der Waals surface area (Å²) >= 11 is 0. The third-order valence-electron chi connectivity index (χ3n) is 1.65. The van der Waals surface area contributed by atoms with Crippen molar-refractivity contribution in [2.45, 2.75) is 30.4 Å². The van der Waals surface area contributed by atoms with Crippen LogP contribution in [0.1, 0.15) is 19.3 Å². The van der Waals surface area contributed by atoms with Crippen LogP contribution in [0, 0.1) is 0 Å². The maximum Gasteiger partial charge on any atom is 0.431 e. The lowest BCUT2D eigenvalue weighted by Gasteiger charge is -2.23. The largest absolute Gasteiger partial charge is 0.431 e. The predicted octanol–water partition coefficient (Wildman–Crippen LogP) is 1.88. The molecule has 0 bridgehead atoms. The van der Waals surface area contributed by atoms with Crippen molar-refractivity contribution in [1.29, 1.82) is 0 Å². The SMILES string of the molecule is I.O=S(=O)(O)C(F)(F)C(F)(F)CCCCO. The molecule has 0 aliphatic rings. The number of aliphatic hydroxyl groups is 1. The Kier molecular flexibility index (Phi) is 7.36. The van der Waals surface area contributed by atoms with E-state index < -0.39 is 40.7 Å². The first-order chi connectivity index (χ1) is 6.56. The predicted molar refractivity (Wildman–Crippen MR) is 57.8 cm³/mol. The number of alkyl halides is 4. The first-order valence-electron chi connectivity index (χ1n) is 3.90. The monoisotopic (exact) mass is 382 g/mol. The Balaban J connectivity index is 0. The number of rotatable bonds is 6. The molecular weight excluding hydrogens is 371 g/mol. The van der Waals surface area contributed by atoms with E-state index in [2.05, 4.69) is 0 Å². The number of unbranched alkanes of at least 4 members (excludes halogenated alkanes) is 1. The first-order valence-corrected chi connectivity index (χ1v) is 5.34. The van der Waals surface area contributed by atoms with Crippen molar-refractivity contribution < 1.29 is 35.6 Å². The summed E-state index contributed by atoms with van der Waals surface area (Å²) in [5.74, 6) is -4.85. The quantitative estimate of drug-likeness (QED) is 0.319. The zero-order valence-corrected chi connectivity index (χ0v) is 11.0. The van der Waals surface area contributed by atoms with Crippen molar-refractivity contribution in [1.82, 2.24) is 0 Å². The molecular formula is C6H11F4IO4S. The summed E-state index contributed by atoms with van der Waals surface area (Å²) < 4.78 is 78.2. The number of hydrogen-bond donors (Lipinski definition) is 2. The normalized spacial score (nSPS) is 13.4. The van der Waals surface area contributed by atoms with E-state index in [4.69, 9.17) is 9.66 Å². The first kappa shape index (κ1) is 18.7. The highest BCUT2D eigenvalue weighted by Crippen LogP contribution is 2.41. The van der Waals surface area contributed by atoms with Gasteiger partial charge in [0.1, 0.15) is 0 Å². The number of aliphatic hydroxyl groups excluding tert-OH is 1. The summed E-state index contributed by atoms with van der Waals surface area (Å²) in [5, 5.41) is 2.72. The van der Waals surface area contributed by atoms with E-state index in [0.29, 0.717) is 0 Å². The van der Waals surface area contributed by atoms with Gasteiger partial charge >= 0.3 is 21.3 Å². The fourth-order valence-corrected chi connectivity index (χ4v) is 1.27. The van der Waals surface area contributed by atoms with Gasteiger partial charge < -0.3 is 5.11 Å². The second-order valence-corrected chi connectivity index (χ2v) is 4.34. The van der Waals surface area contributed by atoms with Crippen LogP contribution >= 0.6 is 24.0 Å². The van der Waals surface area contributed by atoms with E-state index in [0.717, 1.165) is 0 Å². The minimum absolute atomic E-state index is 0. The van der Waals surface area contributed by atoms with Crippen LogP contribution in [0.5, 0.6) is 0 Å². The van der Waals surface area contributed by atoms with Gasteiger partial charge in [0.15, 0.2) is 0 Å². The Morgan fingerprint density at radius 3 is 1.81 bits per heavy atom. The van der Waals surface area contributed by atoms with E-state index in [9.17, 15) is 26.0 Å². The van der Waals surface area contributed by atoms with Crippen molar-refractivity contribution >= 4 is 34.1 Å². The molecule has 0 aromatic heterocycles. The van der Waals surface area contributed by atoms with Gasteiger partial charge in [-0.25, -0.2) is 0 Å². The van der Waals surface area contributed by atoms with Crippen molar-refractivity contribution in [3.8, 4) is 0 Å². The Morgan fingerprint density at radius 1 is 1.06 bits per heavy atom. The summed E-state index contributed by atoms with van der Waals surface area (Å²) in [5.41, 5.74) is 0.